The Morgan fingerprint density at radius 2 is 2.45 bits per heavy atom. The number of likely N-dealkylation sites (N-methyl/N-ethyl adjacent to an activating group) is 1. The lowest BCUT2D eigenvalue weighted by Crippen LogP contribution is -2.49. The van der Waals surface area contributed by atoms with Crippen LogP contribution >= 0.6 is 0 Å². The van der Waals surface area contributed by atoms with Gasteiger partial charge in [0, 0.05) is 25.3 Å². The minimum atomic E-state index is -0.163. The quantitative estimate of drug-likeness (QED) is 0.862. The Morgan fingerprint density at radius 3 is 3.20 bits per heavy atom. The molecule has 1 fully saturated rings. The maximum Gasteiger partial charge on any atom is 0.322 e. The van der Waals surface area contributed by atoms with E-state index in [-0.39, 0.29) is 12.1 Å². The number of hydrogen-bond acceptors (Lipinski definition) is 4. The molecular weight excluding hydrogens is 256 g/mol. The molecule has 0 aliphatic carbocycles. The summed E-state index contributed by atoms with van der Waals surface area (Å²) in [5.74, 6) is 0. The van der Waals surface area contributed by atoms with Gasteiger partial charge in [-0.25, -0.2) is 4.79 Å². The first-order valence-corrected chi connectivity index (χ1v) is 6.55. The summed E-state index contributed by atoms with van der Waals surface area (Å²) in [6.07, 6.45) is 0.0185. The van der Waals surface area contributed by atoms with Crippen molar-refractivity contribution in [2.45, 2.75) is 6.10 Å². The topological polar surface area (TPSA) is 77.4 Å². The van der Waals surface area contributed by atoms with Crippen molar-refractivity contribution in [3.63, 3.8) is 0 Å². The standard InChI is InChI=1S/C14H18N4O2/c1-16-9-13-10-18(5-6-20-13)14(19)17-12-4-2-3-11(7-12)8-15/h2-4,7,13,16H,5-6,9-10H2,1H3,(H,17,19). The average molecular weight is 274 g/mol. The van der Waals surface area contributed by atoms with E-state index in [4.69, 9.17) is 10.00 Å². The van der Waals surface area contributed by atoms with Gasteiger partial charge >= 0.3 is 6.03 Å². The van der Waals surface area contributed by atoms with Crippen LogP contribution in [0, 0.1) is 11.3 Å². The highest BCUT2D eigenvalue weighted by atomic mass is 16.5. The van der Waals surface area contributed by atoms with Crippen molar-refractivity contribution >= 4 is 11.7 Å². The minimum absolute atomic E-state index is 0.0185. The second-order valence-corrected chi connectivity index (χ2v) is 4.62. The molecule has 6 heteroatoms. The largest absolute Gasteiger partial charge is 0.373 e. The molecule has 1 aliphatic rings. The van der Waals surface area contributed by atoms with Crippen molar-refractivity contribution in [2.24, 2.45) is 0 Å². The van der Waals surface area contributed by atoms with Crippen molar-refractivity contribution < 1.29 is 9.53 Å². The van der Waals surface area contributed by atoms with Crippen LogP contribution in [0.15, 0.2) is 24.3 Å². The summed E-state index contributed by atoms with van der Waals surface area (Å²) in [7, 11) is 1.86. The van der Waals surface area contributed by atoms with Crippen LogP contribution in [0.25, 0.3) is 0 Å². The Labute approximate surface area is 118 Å². The van der Waals surface area contributed by atoms with E-state index < -0.39 is 0 Å². The Kier molecular flexibility index (Phi) is 4.93. The normalized spacial score (nSPS) is 18.4. The predicted molar refractivity (Wildman–Crippen MR) is 75.4 cm³/mol. The number of rotatable bonds is 3. The van der Waals surface area contributed by atoms with E-state index in [0.717, 1.165) is 0 Å². The molecule has 2 amide bonds. The van der Waals surface area contributed by atoms with Gasteiger partial charge in [-0.05, 0) is 25.2 Å². The third-order valence-corrected chi connectivity index (χ3v) is 3.10. The number of carbonyl (C=O) groups excluding carboxylic acids is 1. The predicted octanol–water partition coefficient (Wildman–Crippen LogP) is 1.01. The lowest BCUT2D eigenvalue weighted by Gasteiger charge is -2.32. The molecular formula is C14H18N4O2. The molecule has 0 bridgehead atoms. The first-order chi connectivity index (χ1) is 9.72. The number of anilines is 1. The monoisotopic (exact) mass is 274 g/mol. The number of ether oxygens (including phenoxy) is 1. The summed E-state index contributed by atoms with van der Waals surface area (Å²) in [5.41, 5.74) is 1.16. The summed E-state index contributed by atoms with van der Waals surface area (Å²) in [6.45, 7) is 2.39. The van der Waals surface area contributed by atoms with E-state index in [1.54, 1.807) is 29.2 Å². The van der Waals surface area contributed by atoms with Gasteiger partial charge in [-0.2, -0.15) is 5.26 Å². The van der Waals surface area contributed by atoms with E-state index in [1.807, 2.05) is 7.05 Å². The molecule has 1 aliphatic heterocycles. The minimum Gasteiger partial charge on any atom is -0.373 e. The molecule has 6 nitrogen and oxygen atoms in total. The molecule has 1 heterocycles. The van der Waals surface area contributed by atoms with Crippen LogP contribution in [0.2, 0.25) is 0 Å². The van der Waals surface area contributed by atoms with E-state index in [9.17, 15) is 4.79 Å². The van der Waals surface area contributed by atoms with Crippen LogP contribution in [0.4, 0.5) is 10.5 Å². The van der Waals surface area contributed by atoms with Crippen molar-refractivity contribution in [3.05, 3.63) is 29.8 Å². The molecule has 2 N–H and O–H groups in total. The van der Waals surface area contributed by atoms with Crippen LogP contribution in [-0.2, 0) is 4.74 Å². The lowest BCUT2D eigenvalue weighted by molar-refractivity contribution is -0.00999. The van der Waals surface area contributed by atoms with Crippen LogP contribution in [-0.4, -0.2) is 50.3 Å². The number of amides is 2. The van der Waals surface area contributed by atoms with Crippen molar-refractivity contribution in [3.8, 4) is 6.07 Å². The summed E-state index contributed by atoms with van der Waals surface area (Å²) < 4.78 is 5.56. The van der Waals surface area contributed by atoms with Gasteiger partial charge in [0.1, 0.15) is 0 Å². The van der Waals surface area contributed by atoms with E-state index in [2.05, 4.69) is 16.7 Å². The molecule has 0 spiro atoms. The van der Waals surface area contributed by atoms with Crippen molar-refractivity contribution in [1.82, 2.24) is 10.2 Å². The third-order valence-electron chi connectivity index (χ3n) is 3.10. The molecule has 1 unspecified atom stereocenters. The summed E-state index contributed by atoms with van der Waals surface area (Å²) in [5, 5.41) is 14.7. The highest BCUT2D eigenvalue weighted by Gasteiger charge is 2.23. The molecule has 2 rings (SSSR count). The number of morpholine rings is 1. The van der Waals surface area contributed by atoms with Gasteiger partial charge < -0.3 is 20.3 Å². The summed E-state index contributed by atoms with van der Waals surface area (Å²) in [4.78, 5) is 13.9. The van der Waals surface area contributed by atoms with Gasteiger partial charge in [-0.15, -0.1) is 0 Å². The van der Waals surface area contributed by atoms with E-state index in [1.165, 1.54) is 0 Å². The van der Waals surface area contributed by atoms with E-state index in [0.29, 0.717) is 37.5 Å². The zero-order chi connectivity index (χ0) is 14.4. The van der Waals surface area contributed by atoms with Gasteiger partial charge in [0.2, 0.25) is 0 Å². The maximum atomic E-state index is 12.2. The number of urea groups is 1. The molecule has 1 aromatic rings. The molecule has 0 radical (unpaired) electrons. The average Bonchev–Trinajstić information content (AvgIpc) is 2.48. The second-order valence-electron chi connectivity index (χ2n) is 4.62. The smallest absolute Gasteiger partial charge is 0.322 e. The number of nitrogens with one attached hydrogen (secondary N) is 2. The summed E-state index contributed by atoms with van der Waals surface area (Å²) in [6, 6.07) is 8.76. The van der Waals surface area contributed by atoms with Gasteiger partial charge in [0.25, 0.3) is 0 Å². The molecule has 0 saturated carbocycles. The Morgan fingerprint density at radius 1 is 1.60 bits per heavy atom. The maximum absolute atomic E-state index is 12.2. The molecule has 1 atom stereocenters. The van der Waals surface area contributed by atoms with Crippen LogP contribution in [0.1, 0.15) is 5.56 Å². The fourth-order valence-corrected chi connectivity index (χ4v) is 2.12. The second kappa shape index (κ2) is 6.89. The fraction of sp³-hybridized carbons (Fsp3) is 0.429. The van der Waals surface area contributed by atoms with Crippen LogP contribution in [0.5, 0.6) is 0 Å². The third kappa shape index (κ3) is 3.70. The van der Waals surface area contributed by atoms with Gasteiger partial charge in [-0.3, -0.25) is 0 Å². The Balaban J connectivity index is 1.95. The number of nitriles is 1. The van der Waals surface area contributed by atoms with Crippen molar-refractivity contribution in [2.75, 3.05) is 38.6 Å². The molecule has 106 valence electrons. The summed E-state index contributed by atoms with van der Waals surface area (Å²) >= 11 is 0. The fourth-order valence-electron chi connectivity index (χ4n) is 2.12. The van der Waals surface area contributed by atoms with Gasteiger partial charge in [-0.1, -0.05) is 6.07 Å². The Bertz CT molecular complexity index is 510. The molecule has 1 saturated heterocycles. The van der Waals surface area contributed by atoms with Gasteiger partial charge in [0.05, 0.1) is 24.3 Å². The van der Waals surface area contributed by atoms with Crippen molar-refractivity contribution in [1.29, 1.82) is 5.26 Å². The van der Waals surface area contributed by atoms with E-state index >= 15 is 0 Å². The first kappa shape index (κ1) is 14.3. The Hall–Kier alpha value is -2.10. The van der Waals surface area contributed by atoms with Crippen LogP contribution in [0.3, 0.4) is 0 Å². The first-order valence-electron chi connectivity index (χ1n) is 6.55. The number of carbonyl (C=O) groups is 1. The highest BCUT2D eigenvalue weighted by molar-refractivity contribution is 5.89. The molecule has 1 aromatic carbocycles. The lowest BCUT2D eigenvalue weighted by atomic mass is 10.2. The molecule has 0 aromatic heterocycles. The number of benzene rings is 1. The zero-order valence-electron chi connectivity index (χ0n) is 11.4. The molecule has 20 heavy (non-hydrogen) atoms. The SMILES string of the molecule is CNCC1CN(C(=O)Nc2cccc(C#N)c2)CCO1. The zero-order valence-corrected chi connectivity index (χ0v) is 11.4. The number of nitrogens with zero attached hydrogens (tertiary/aromatic N) is 2. The van der Waals surface area contributed by atoms with Crippen LogP contribution < -0.4 is 10.6 Å². The number of hydrogen-bond donors (Lipinski definition) is 2. The van der Waals surface area contributed by atoms with Gasteiger partial charge in [0.15, 0.2) is 0 Å². The highest BCUT2D eigenvalue weighted by Crippen LogP contribution is 2.12.